The van der Waals surface area contributed by atoms with Crippen LogP contribution in [0.1, 0.15) is 12.8 Å². The summed E-state index contributed by atoms with van der Waals surface area (Å²) in [5.74, 6) is 0. The molecule has 0 unspecified atom stereocenters. The first kappa shape index (κ1) is 30.7. The standard InChI is InChI=1S/C6H15ClOSi.C6H13ClOSi.ClO.Na/c2*1-9(2,6-7)5-3-4-8;1-2;/h8H,3-6H2,1-2H3;4H,3,5-6H2,1-2H3;;/q;;-1;+1. The molecule has 21 heavy (non-hydrogen) atoms. The third-order valence-electron chi connectivity index (χ3n) is 2.67. The van der Waals surface area contributed by atoms with Crippen LogP contribution in [0.4, 0.5) is 0 Å². The molecule has 0 bridgehead atoms. The minimum atomic E-state index is -1.16. The van der Waals surface area contributed by atoms with E-state index in [0.29, 0.717) is 13.0 Å². The van der Waals surface area contributed by atoms with Crippen LogP contribution in [0.5, 0.6) is 0 Å². The third kappa shape index (κ3) is 27.1. The number of carbonyl (C=O) groups is 1. The van der Waals surface area contributed by atoms with E-state index in [9.17, 15) is 4.79 Å². The number of aldehydes is 1. The molecular formula is C12H28Cl3NaO3Si2. The summed E-state index contributed by atoms with van der Waals surface area (Å²) in [4.78, 5) is 9.95. The maximum Gasteiger partial charge on any atom is 1.00 e. The van der Waals surface area contributed by atoms with Gasteiger partial charge >= 0.3 is 29.6 Å². The van der Waals surface area contributed by atoms with Gasteiger partial charge in [0.25, 0.3) is 0 Å². The number of rotatable bonds is 8. The number of aliphatic hydroxyl groups excluding tert-OH is 1. The maximum atomic E-state index is 9.95. The minimum Gasteiger partial charge on any atom is -0.769 e. The Balaban J connectivity index is -0.000000118. The Bertz CT molecular complexity index is 224. The summed E-state index contributed by atoms with van der Waals surface area (Å²) in [6.07, 6.45) is 2.58. The van der Waals surface area contributed by atoms with Gasteiger partial charge in [0.15, 0.2) is 0 Å². The molecule has 0 radical (unpaired) electrons. The molecule has 0 aliphatic carbocycles. The van der Waals surface area contributed by atoms with Gasteiger partial charge in [-0.25, -0.2) is 11.9 Å². The van der Waals surface area contributed by atoms with E-state index in [1.807, 2.05) is 0 Å². The van der Waals surface area contributed by atoms with Crippen molar-refractivity contribution >= 4 is 57.5 Å². The minimum absolute atomic E-state index is 0. The molecule has 0 saturated carbocycles. The first-order valence-electron chi connectivity index (χ1n) is 6.56. The van der Waals surface area contributed by atoms with E-state index < -0.39 is 16.1 Å². The average molecular weight is 406 g/mol. The van der Waals surface area contributed by atoms with Gasteiger partial charge in [0.2, 0.25) is 0 Å². The van der Waals surface area contributed by atoms with E-state index in [1.54, 1.807) is 0 Å². The zero-order chi connectivity index (χ0) is 16.7. The maximum absolute atomic E-state index is 9.95. The SMILES string of the molecule is C[Si](C)(CCl)CCC=O.C[Si](C)(CCl)CCCO.[Na+].[O-]Cl. The van der Waals surface area contributed by atoms with Crippen LogP contribution in [0.2, 0.25) is 38.3 Å². The first-order chi connectivity index (χ1) is 9.24. The van der Waals surface area contributed by atoms with Crippen molar-refractivity contribution in [2.45, 2.75) is 51.1 Å². The summed E-state index contributed by atoms with van der Waals surface area (Å²) in [7, 11) is -2.26. The van der Waals surface area contributed by atoms with Gasteiger partial charge in [0.05, 0.1) is 16.1 Å². The van der Waals surface area contributed by atoms with Crippen molar-refractivity contribution in [2.75, 3.05) is 17.6 Å². The molecule has 0 fully saturated rings. The summed E-state index contributed by atoms with van der Waals surface area (Å²) in [5.41, 5.74) is 1.58. The number of alkyl halides is 2. The van der Waals surface area contributed by atoms with E-state index in [4.69, 9.17) is 33.0 Å². The Morgan fingerprint density at radius 2 is 1.38 bits per heavy atom. The molecule has 0 aromatic rings. The monoisotopic (exact) mass is 404 g/mol. The van der Waals surface area contributed by atoms with Crippen LogP contribution in [-0.4, -0.2) is 45.2 Å². The molecule has 0 rings (SSSR count). The van der Waals surface area contributed by atoms with Crippen LogP contribution >= 0.6 is 35.1 Å². The summed E-state index contributed by atoms with van der Waals surface area (Å²) >= 11 is 14.8. The summed E-state index contributed by atoms with van der Waals surface area (Å²) in [6, 6.07) is 2.17. The van der Waals surface area contributed by atoms with Gasteiger partial charge in [-0.1, -0.05) is 32.2 Å². The molecule has 0 aliphatic heterocycles. The molecule has 0 aliphatic rings. The molecule has 0 heterocycles. The van der Waals surface area contributed by atoms with Gasteiger partial charge in [0.1, 0.15) is 6.29 Å². The summed E-state index contributed by atoms with van der Waals surface area (Å²) < 4.78 is 7.72. The van der Waals surface area contributed by atoms with Crippen molar-refractivity contribution < 1.29 is 44.1 Å². The molecule has 0 aromatic carbocycles. The van der Waals surface area contributed by atoms with E-state index in [1.165, 1.54) is 0 Å². The quantitative estimate of drug-likeness (QED) is 0.362. The molecule has 0 aromatic heterocycles. The Morgan fingerprint density at radius 1 is 1.00 bits per heavy atom. The second-order valence-corrected chi connectivity index (χ2v) is 17.9. The summed E-state index contributed by atoms with van der Waals surface area (Å²) in [5, 5.41) is 8.50. The van der Waals surface area contributed by atoms with Crippen molar-refractivity contribution in [1.82, 2.24) is 0 Å². The predicted octanol–water partition coefficient (Wildman–Crippen LogP) is 0.422. The van der Waals surface area contributed by atoms with E-state index in [-0.39, 0.29) is 29.6 Å². The number of halogens is 3. The first-order valence-corrected chi connectivity index (χ1v) is 14.8. The van der Waals surface area contributed by atoms with Gasteiger partial charge in [-0.05, 0) is 12.5 Å². The smallest absolute Gasteiger partial charge is 0.769 e. The van der Waals surface area contributed by atoms with Crippen molar-refractivity contribution in [3.63, 3.8) is 0 Å². The molecule has 1 N–H and O–H groups in total. The van der Waals surface area contributed by atoms with Gasteiger partial charge in [-0.15, -0.1) is 23.2 Å². The van der Waals surface area contributed by atoms with Crippen molar-refractivity contribution in [3.8, 4) is 0 Å². The summed E-state index contributed by atoms with van der Waals surface area (Å²) in [6.45, 7) is 9.20. The second kappa shape index (κ2) is 19.9. The number of hydrogen-bond donors (Lipinski definition) is 1. The third-order valence-corrected chi connectivity index (χ3v) is 11.8. The molecule has 0 atom stereocenters. The van der Waals surface area contributed by atoms with Crippen molar-refractivity contribution in [1.29, 1.82) is 0 Å². The van der Waals surface area contributed by atoms with E-state index in [0.717, 1.165) is 35.8 Å². The Labute approximate surface area is 169 Å². The fourth-order valence-electron chi connectivity index (χ4n) is 1.14. The molecule has 3 nitrogen and oxygen atoms in total. The van der Waals surface area contributed by atoms with E-state index >= 15 is 0 Å². The molecule has 9 heteroatoms. The van der Waals surface area contributed by atoms with Crippen LogP contribution < -0.4 is 34.2 Å². The normalized spacial score (nSPS) is 10.3. The van der Waals surface area contributed by atoms with Gasteiger partial charge in [-0.2, -0.15) is 0 Å². The molecule has 0 saturated heterocycles. The van der Waals surface area contributed by atoms with Crippen LogP contribution in [-0.2, 0) is 4.79 Å². The number of hydrogen-bond acceptors (Lipinski definition) is 3. The molecular weight excluding hydrogens is 378 g/mol. The predicted molar refractivity (Wildman–Crippen MR) is 94.3 cm³/mol. The van der Waals surface area contributed by atoms with Crippen molar-refractivity contribution in [2.24, 2.45) is 0 Å². The average Bonchev–Trinajstić information content (AvgIpc) is 2.46. The molecule has 0 amide bonds. The van der Waals surface area contributed by atoms with Gasteiger partial charge in [-0.3, -0.25) is 0 Å². The van der Waals surface area contributed by atoms with E-state index in [2.05, 4.69) is 38.1 Å². The fraction of sp³-hybridized carbons (Fsp3) is 0.917. The van der Waals surface area contributed by atoms with Crippen LogP contribution in [0.25, 0.3) is 0 Å². The van der Waals surface area contributed by atoms with Gasteiger partial charge < -0.3 is 14.6 Å². The second-order valence-electron chi connectivity index (χ2n) is 6.13. The van der Waals surface area contributed by atoms with Crippen LogP contribution in [0.3, 0.4) is 0 Å². The number of carbonyl (C=O) groups excluding carboxylic acids is 1. The zero-order valence-electron chi connectivity index (χ0n) is 13.9. The number of aliphatic hydroxyl groups is 1. The zero-order valence-corrected chi connectivity index (χ0v) is 20.2. The van der Waals surface area contributed by atoms with Crippen molar-refractivity contribution in [3.05, 3.63) is 0 Å². The fourth-order valence-corrected chi connectivity index (χ4v) is 4.22. The topological polar surface area (TPSA) is 60.4 Å². The molecule has 124 valence electrons. The molecule has 0 spiro atoms. The Kier molecular flexibility index (Phi) is 29.2. The van der Waals surface area contributed by atoms with Gasteiger partial charge in [0, 0.05) is 24.0 Å². The Morgan fingerprint density at radius 3 is 1.67 bits per heavy atom. The largest absolute Gasteiger partial charge is 1.00 e. The van der Waals surface area contributed by atoms with Crippen LogP contribution in [0, 0.1) is 0 Å². The van der Waals surface area contributed by atoms with Crippen LogP contribution in [0.15, 0.2) is 0 Å². The Hall–Kier alpha value is 1.89.